The van der Waals surface area contributed by atoms with Crippen LogP contribution in [0.2, 0.25) is 0 Å². The van der Waals surface area contributed by atoms with E-state index in [0.29, 0.717) is 5.92 Å². The highest BCUT2D eigenvalue weighted by molar-refractivity contribution is 5.20. The third-order valence-electron chi connectivity index (χ3n) is 1.63. The maximum absolute atomic E-state index is 5.51. The van der Waals surface area contributed by atoms with E-state index in [1.807, 2.05) is 6.07 Å². The van der Waals surface area contributed by atoms with Gasteiger partial charge in [-0.1, -0.05) is 20.8 Å². The van der Waals surface area contributed by atoms with E-state index in [-0.39, 0.29) is 0 Å². The topological polar surface area (TPSA) is 22.1 Å². The summed E-state index contributed by atoms with van der Waals surface area (Å²) in [7, 11) is 0. The average molecular weight is 178 g/mol. The normalized spacial score (nSPS) is 10.5. The third-order valence-corrected chi connectivity index (χ3v) is 1.63. The van der Waals surface area contributed by atoms with Crippen molar-refractivity contribution in [2.24, 2.45) is 5.92 Å². The second kappa shape index (κ2) is 4.85. The molecule has 1 rings (SSSR count). The summed E-state index contributed by atoms with van der Waals surface area (Å²) in [5.74, 6) is 1.35. The van der Waals surface area contributed by atoms with Gasteiger partial charge in [0.05, 0.1) is 18.4 Å². The Morgan fingerprint density at radius 2 is 2.31 bits per heavy atom. The molecule has 13 heavy (non-hydrogen) atoms. The highest BCUT2D eigenvalue weighted by atomic mass is 16.5. The van der Waals surface area contributed by atoms with Crippen LogP contribution in [0, 0.1) is 12.0 Å². The summed E-state index contributed by atoms with van der Waals surface area (Å²) in [6, 6.07) is 4.96. The number of aryl methyl sites for hydroxylation is 1. The van der Waals surface area contributed by atoms with Gasteiger partial charge in [-0.25, -0.2) is 0 Å². The van der Waals surface area contributed by atoms with Crippen LogP contribution in [0.1, 0.15) is 26.5 Å². The van der Waals surface area contributed by atoms with E-state index in [2.05, 4.69) is 31.8 Å². The Kier molecular flexibility index (Phi) is 3.74. The van der Waals surface area contributed by atoms with E-state index in [1.165, 1.54) is 0 Å². The summed E-state index contributed by atoms with van der Waals surface area (Å²) in [6.45, 7) is 7.05. The van der Waals surface area contributed by atoms with Gasteiger partial charge in [0.25, 0.3) is 0 Å². The number of hydrogen-bond donors (Lipinski definition) is 0. The summed E-state index contributed by atoms with van der Waals surface area (Å²) >= 11 is 0. The minimum Gasteiger partial charge on any atom is -0.493 e. The quantitative estimate of drug-likeness (QED) is 0.706. The first-order chi connectivity index (χ1) is 6.22. The van der Waals surface area contributed by atoms with Crippen LogP contribution in [0.5, 0.6) is 5.75 Å². The van der Waals surface area contributed by atoms with Crippen molar-refractivity contribution >= 4 is 0 Å². The molecule has 0 aromatic carbocycles. The van der Waals surface area contributed by atoms with Gasteiger partial charge in [0, 0.05) is 6.20 Å². The van der Waals surface area contributed by atoms with Crippen molar-refractivity contribution in [3.63, 3.8) is 0 Å². The number of ether oxygens (including phenoxy) is 1. The lowest BCUT2D eigenvalue weighted by Crippen LogP contribution is -2.05. The Balaban J connectivity index is 2.56. The Bertz CT molecular complexity index is 258. The van der Waals surface area contributed by atoms with Crippen molar-refractivity contribution in [2.75, 3.05) is 6.61 Å². The van der Waals surface area contributed by atoms with Crippen LogP contribution in [-0.4, -0.2) is 11.6 Å². The van der Waals surface area contributed by atoms with Crippen molar-refractivity contribution in [1.29, 1.82) is 0 Å². The zero-order valence-electron chi connectivity index (χ0n) is 8.50. The summed E-state index contributed by atoms with van der Waals surface area (Å²) < 4.78 is 5.51. The van der Waals surface area contributed by atoms with E-state index >= 15 is 0 Å². The Labute approximate surface area is 80.0 Å². The molecule has 0 amide bonds. The standard InChI is InChI=1S/C11H16NO/c1-4-10-7-11(5-6-12-10)13-8-9(2)3/h5-6,9H,4,8H2,1-3H3. The van der Waals surface area contributed by atoms with E-state index in [9.17, 15) is 0 Å². The lowest BCUT2D eigenvalue weighted by atomic mass is 10.2. The molecule has 0 unspecified atom stereocenters. The first-order valence-electron chi connectivity index (χ1n) is 4.72. The van der Waals surface area contributed by atoms with Crippen molar-refractivity contribution < 1.29 is 4.74 Å². The van der Waals surface area contributed by atoms with Crippen LogP contribution in [0.25, 0.3) is 0 Å². The molecule has 0 atom stereocenters. The van der Waals surface area contributed by atoms with Crippen molar-refractivity contribution in [3.05, 3.63) is 24.0 Å². The molecule has 1 aromatic rings. The second-order valence-corrected chi connectivity index (χ2v) is 3.44. The van der Waals surface area contributed by atoms with Gasteiger partial charge >= 0.3 is 0 Å². The summed E-state index contributed by atoms with van der Waals surface area (Å²) in [5, 5.41) is 0. The molecule has 0 N–H and O–H groups in total. The highest BCUT2D eigenvalue weighted by Crippen LogP contribution is 2.11. The molecule has 0 aliphatic carbocycles. The van der Waals surface area contributed by atoms with Crippen LogP contribution in [-0.2, 0) is 6.42 Å². The van der Waals surface area contributed by atoms with Gasteiger partial charge in [0.15, 0.2) is 0 Å². The number of aromatic nitrogens is 1. The van der Waals surface area contributed by atoms with Crippen LogP contribution < -0.4 is 4.74 Å². The highest BCUT2D eigenvalue weighted by Gasteiger charge is 1.98. The predicted octanol–water partition coefficient (Wildman–Crippen LogP) is 2.48. The fourth-order valence-electron chi connectivity index (χ4n) is 0.931. The Morgan fingerprint density at radius 3 is 2.92 bits per heavy atom. The van der Waals surface area contributed by atoms with Gasteiger partial charge in [-0.15, -0.1) is 0 Å². The second-order valence-electron chi connectivity index (χ2n) is 3.44. The number of rotatable bonds is 4. The van der Waals surface area contributed by atoms with Gasteiger partial charge < -0.3 is 4.74 Å². The largest absolute Gasteiger partial charge is 0.493 e. The van der Waals surface area contributed by atoms with Gasteiger partial charge in [-0.05, 0) is 18.4 Å². The summed E-state index contributed by atoms with van der Waals surface area (Å²) in [5.41, 5.74) is 0.959. The van der Waals surface area contributed by atoms with Gasteiger partial charge in [0.2, 0.25) is 0 Å². The first-order valence-corrected chi connectivity index (χ1v) is 4.72. The fourth-order valence-corrected chi connectivity index (χ4v) is 0.931. The molecule has 0 aliphatic rings. The summed E-state index contributed by atoms with van der Waals surface area (Å²) in [6.07, 6.45) is 2.67. The molecular weight excluding hydrogens is 162 g/mol. The molecule has 0 saturated heterocycles. The van der Waals surface area contributed by atoms with Gasteiger partial charge in [0.1, 0.15) is 5.75 Å². The van der Waals surface area contributed by atoms with Crippen LogP contribution in [0.4, 0.5) is 0 Å². The minimum absolute atomic E-state index is 0.548. The van der Waals surface area contributed by atoms with Crippen LogP contribution in [0.15, 0.2) is 12.3 Å². The molecule has 0 bridgehead atoms. The van der Waals surface area contributed by atoms with E-state index in [4.69, 9.17) is 4.74 Å². The predicted molar refractivity (Wildman–Crippen MR) is 52.8 cm³/mol. The molecular formula is C11H16NO. The minimum atomic E-state index is 0.548. The molecule has 1 aromatic heterocycles. The number of pyridine rings is 1. The third kappa shape index (κ3) is 3.45. The van der Waals surface area contributed by atoms with Crippen molar-refractivity contribution in [3.8, 4) is 5.75 Å². The lowest BCUT2D eigenvalue weighted by molar-refractivity contribution is 0.270. The fraction of sp³-hybridized carbons (Fsp3) is 0.545. The first kappa shape index (κ1) is 10.0. The van der Waals surface area contributed by atoms with Gasteiger partial charge in [-0.3, -0.25) is 4.98 Å². The van der Waals surface area contributed by atoms with E-state index in [1.54, 1.807) is 6.20 Å². The van der Waals surface area contributed by atoms with Crippen molar-refractivity contribution in [2.45, 2.75) is 27.2 Å². The molecule has 71 valence electrons. The van der Waals surface area contributed by atoms with Crippen LogP contribution >= 0.6 is 0 Å². The monoisotopic (exact) mass is 178 g/mol. The molecule has 2 heteroatoms. The number of nitrogens with zero attached hydrogens (tertiary/aromatic N) is 1. The Hall–Kier alpha value is -1.05. The molecule has 1 heterocycles. The van der Waals surface area contributed by atoms with Crippen LogP contribution in [0.3, 0.4) is 0 Å². The average Bonchev–Trinajstić information content (AvgIpc) is 2.15. The zero-order valence-corrected chi connectivity index (χ0v) is 8.50. The molecule has 2 nitrogen and oxygen atoms in total. The van der Waals surface area contributed by atoms with Gasteiger partial charge in [-0.2, -0.15) is 0 Å². The smallest absolute Gasteiger partial charge is 0.130 e. The molecule has 0 spiro atoms. The zero-order chi connectivity index (χ0) is 9.68. The lowest BCUT2D eigenvalue weighted by Gasteiger charge is -2.08. The Morgan fingerprint density at radius 1 is 1.54 bits per heavy atom. The summed E-state index contributed by atoms with van der Waals surface area (Å²) in [4.78, 5) is 4.15. The molecule has 0 fully saturated rings. The SMILES string of the molecule is CCc1[c]c(OCC(C)C)ccn1. The van der Waals surface area contributed by atoms with E-state index in [0.717, 1.165) is 24.5 Å². The van der Waals surface area contributed by atoms with Crippen molar-refractivity contribution in [1.82, 2.24) is 4.98 Å². The van der Waals surface area contributed by atoms with E-state index < -0.39 is 0 Å². The maximum atomic E-state index is 5.51. The number of hydrogen-bond acceptors (Lipinski definition) is 2. The molecule has 0 saturated carbocycles. The maximum Gasteiger partial charge on any atom is 0.130 e. The molecule has 0 aliphatic heterocycles. The molecule has 1 radical (unpaired) electrons.